The van der Waals surface area contributed by atoms with Crippen molar-refractivity contribution in [3.05, 3.63) is 29.8 Å². The molecule has 0 heterocycles. The summed E-state index contributed by atoms with van der Waals surface area (Å²) in [7, 11) is 0. The van der Waals surface area contributed by atoms with Gasteiger partial charge in [-0.25, -0.2) is 4.79 Å². The van der Waals surface area contributed by atoms with E-state index < -0.39 is 11.8 Å². The number of carbonyl (C=O) groups is 1. The lowest BCUT2D eigenvalue weighted by molar-refractivity contribution is -0.0481. The number of ether oxygens (including phenoxy) is 2. The van der Waals surface area contributed by atoms with Crippen LogP contribution >= 0.6 is 0 Å². The van der Waals surface area contributed by atoms with Crippen LogP contribution in [0.3, 0.4) is 0 Å². The molecule has 1 fully saturated rings. The predicted octanol–water partition coefficient (Wildman–Crippen LogP) is 4.08. The fourth-order valence-electron chi connectivity index (χ4n) is 3.02. The van der Waals surface area contributed by atoms with E-state index in [-0.39, 0.29) is 6.10 Å². The first kappa shape index (κ1) is 17.6. The van der Waals surface area contributed by atoms with E-state index in [1.807, 2.05) is 24.3 Å². The smallest absolute Gasteiger partial charge is 0.494 e. The molecule has 1 aromatic rings. The van der Waals surface area contributed by atoms with Crippen molar-refractivity contribution in [1.82, 2.24) is 0 Å². The number of hydrogen-bond donors (Lipinski definition) is 2. The second-order valence-electron chi connectivity index (χ2n) is 6.19. The van der Waals surface area contributed by atoms with Crippen LogP contribution in [0, 0.1) is 0 Å². The molecule has 2 rings (SSSR count). The molecule has 23 heavy (non-hydrogen) atoms. The monoisotopic (exact) mass is 322 g/mol. The minimum absolute atomic E-state index is 0.311. The summed E-state index contributed by atoms with van der Waals surface area (Å²) in [5.74, 6) is 0.816. The molecule has 1 aliphatic carbocycles. The van der Waals surface area contributed by atoms with Crippen LogP contribution < -0.4 is 4.74 Å². The lowest BCUT2D eigenvalue weighted by Crippen LogP contribution is -2.35. The molecule has 0 radical (unpaired) electrons. The first-order valence-electron chi connectivity index (χ1n) is 8.39. The topological polar surface area (TPSA) is 76.0 Å². The minimum atomic E-state index is -1.25. The SMILES string of the molecule is CCCCCOc1ccc(C2(O)CCC(OC(=O)O)CC2)cc1. The standard InChI is InChI=1S/C18H26O5/c1-2-3-4-13-22-15-7-5-14(6-8-15)18(21)11-9-16(10-12-18)23-17(19)20/h5-8,16,21H,2-4,9-13H2,1H3,(H,19,20). The quantitative estimate of drug-likeness (QED) is 0.584. The molecule has 1 aliphatic rings. The van der Waals surface area contributed by atoms with Crippen LogP contribution in [0.4, 0.5) is 4.79 Å². The molecular weight excluding hydrogens is 296 g/mol. The first-order valence-corrected chi connectivity index (χ1v) is 8.39. The van der Waals surface area contributed by atoms with E-state index in [1.165, 1.54) is 6.42 Å². The molecular formula is C18H26O5. The van der Waals surface area contributed by atoms with Crippen molar-refractivity contribution in [2.75, 3.05) is 6.61 Å². The van der Waals surface area contributed by atoms with E-state index in [0.29, 0.717) is 32.3 Å². The second-order valence-corrected chi connectivity index (χ2v) is 6.19. The maximum absolute atomic E-state index is 10.8. The Morgan fingerprint density at radius 1 is 1.22 bits per heavy atom. The highest BCUT2D eigenvalue weighted by Crippen LogP contribution is 2.38. The Kier molecular flexibility index (Phi) is 6.28. The van der Waals surface area contributed by atoms with Gasteiger partial charge in [-0.3, -0.25) is 0 Å². The Balaban J connectivity index is 1.87. The molecule has 0 aliphatic heterocycles. The van der Waals surface area contributed by atoms with Gasteiger partial charge in [-0.2, -0.15) is 0 Å². The Labute approximate surface area is 137 Å². The van der Waals surface area contributed by atoms with Crippen LogP contribution in [0.2, 0.25) is 0 Å². The molecule has 0 atom stereocenters. The summed E-state index contributed by atoms with van der Waals surface area (Å²) < 4.78 is 10.5. The number of rotatable bonds is 7. The molecule has 0 unspecified atom stereocenters. The Hall–Kier alpha value is -1.75. The average molecular weight is 322 g/mol. The van der Waals surface area contributed by atoms with E-state index in [0.717, 1.165) is 24.2 Å². The lowest BCUT2D eigenvalue weighted by Gasteiger charge is -2.35. The number of unbranched alkanes of at least 4 members (excludes halogenated alkanes) is 2. The first-order chi connectivity index (χ1) is 11.0. The highest BCUT2D eigenvalue weighted by Gasteiger charge is 2.36. The van der Waals surface area contributed by atoms with Gasteiger partial charge in [0.25, 0.3) is 0 Å². The molecule has 128 valence electrons. The summed E-state index contributed by atoms with van der Waals surface area (Å²) in [6.07, 6.45) is 3.91. The molecule has 0 saturated heterocycles. The normalized spacial score (nSPS) is 24.2. The van der Waals surface area contributed by atoms with E-state index in [4.69, 9.17) is 14.6 Å². The van der Waals surface area contributed by atoms with Gasteiger partial charge in [-0.1, -0.05) is 31.9 Å². The van der Waals surface area contributed by atoms with Crippen LogP contribution in [0.15, 0.2) is 24.3 Å². The predicted molar refractivity (Wildman–Crippen MR) is 86.7 cm³/mol. The van der Waals surface area contributed by atoms with Crippen LogP contribution in [-0.4, -0.2) is 29.1 Å². The maximum Gasteiger partial charge on any atom is 0.506 e. The van der Waals surface area contributed by atoms with E-state index in [2.05, 4.69) is 6.92 Å². The summed E-state index contributed by atoms with van der Waals surface area (Å²) in [6.45, 7) is 2.87. The van der Waals surface area contributed by atoms with Gasteiger partial charge in [0.05, 0.1) is 12.2 Å². The van der Waals surface area contributed by atoms with Crippen molar-refractivity contribution in [1.29, 1.82) is 0 Å². The van der Waals surface area contributed by atoms with E-state index in [9.17, 15) is 9.90 Å². The van der Waals surface area contributed by atoms with Crippen LogP contribution in [-0.2, 0) is 10.3 Å². The number of aliphatic hydroxyl groups is 1. The third-order valence-corrected chi connectivity index (χ3v) is 4.44. The van der Waals surface area contributed by atoms with Crippen molar-refractivity contribution < 1.29 is 24.5 Å². The molecule has 5 heteroatoms. The largest absolute Gasteiger partial charge is 0.506 e. The Bertz CT molecular complexity index is 489. The van der Waals surface area contributed by atoms with Gasteiger partial charge in [0.2, 0.25) is 0 Å². The summed E-state index contributed by atoms with van der Waals surface area (Å²) in [6, 6.07) is 7.57. The molecule has 1 aromatic carbocycles. The zero-order valence-electron chi connectivity index (χ0n) is 13.7. The van der Waals surface area contributed by atoms with Crippen LogP contribution in [0.25, 0.3) is 0 Å². The molecule has 0 aromatic heterocycles. The van der Waals surface area contributed by atoms with Gasteiger partial charge in [0.1, 0.15) is 11.9 Å². The summed E-state index contributed by atoms with van der Waals surface area (Å²) in [5.41, 5.74) is -0.0498. The van der Waals surface area contributed by atoms with Crippen LogP contribution in [0.1, 0.15) is 57.4 Å². The van der Waals surface area contributed by atoms with Crippen LogP contribution in [0.5, 0.6) is 5.75 Å². The van der Waals surface area contributed by atoms with Crippen molar-refractivity contribution >= 4 is 6.16 Å². The van der Waals surface area contributed by atoms with Gasteiger partial charge in [0, 0.05) is 0 Å². The number of benzene rings is 1. The third kappa shape index (κ3) is 5.13. The lowest BCUT2D eigenvalue weighted by atomic mass is 9.78. The fourth-order valence-corrected chi connectivity index (χ4v) is 3.02. The Morgan fingerprint density at radius 3 is 2.43 bits per heavy atom. The zero-order chi connectivity index (χ0) is 16.7. The van der Waals surface area contributed by atoms with Gasteiger partial charge in [-0.05, 0) is 49.8 Å². The van der Waals surface area contributed by atoms with E-state index >= 15 is 0 Å². The maximum atomic E-state index is 10.8. The van der Waals surface area contributed by atoms with E-state index in [1.54, 1.807) is 0 Å². The fraction of sp³-hybridized carbons (Fsp3) is 0.611. The second kappa shape index (κ2) is 8.20. The number of carboxylic acid groups (broad SMARTS) is 1. The molecule has 2 N–H and O–H groups in total. The molecule has 0 bridgehead atoms. The molecule has 1 saturated carbocycles. The molecule has 0 amide bonds. The highest BCUT2D eigenvalue weighted by molar-refractivity contribution is 5.57. The molecule has 5 nitrogen and oxygen atoms in total. The van der Waals surface area contributed by atoms with Crippen molar-refractivity contribution in [2.45, 2.75) is 63.6 Å². The molecule has 0 spiro atoms. The summed E-state index contributed by atoms with van der Waals surface area (Å²) in [4.78, 5) is 10.6. The van der Waals surface area contributed by atoms with Gasteiger partial charge < -0.3 is 19.7 Å². The number of hydrogen-bond acceptors (Lipinski definition) is 4. The summed E-state index contributed by atoms with van der Waals surface area (Å²) >= 11 is 0. The van der Waals surface area contributed by atoms with Gasteiger partial charge in [-0.15, -0.1) is 0 Å². The average Bonchev–Trinajstić information content (AvgIpc) is 2.54. The van der Waals surface area contributed by atoms with Crippen molar-refractivity contribution in [2.24, 2.45) is 0 Å². The van der Waals surface area contributed by atoms with Crippen molar-refractivity contribution in [3.8, 4) is 5.75 Å². The minimum Gasteiger partial charge on any atom is -0.494 e. The van der Waals surface area contributed by atoms with Gasteiger partial charge >= 0.3 is 6.16 Å². The van der Waals surface area contributed by atoms with Gasteiger partial charge in [0.15, 0.2) is 0 Å². The summed E-state index contributed by atoms with van der Waals surface area (Å²) in [5, 5.41) is 19.4. The zero-order valence-corrected chi connectivity index (χ0v) is 13.7. The highest BCUT2D eigenvalue weighted by atomic mass is 16.7. The van der Waals surface area contributed by atoms with Crippen molar-refractivity contribution in [3.63, 3.8) is 0 Å². The third-order valence-electron chi connectivity index (χ3n) is 4.44. The Morgan fingerprint density at radius 2 is 1.87 bits per heavy atom.